The van der Waals surface area contributed by atoms with Crippen LogP contribution in [0.3, 0.4) is 0 Å². The van der Waals surface area contributed by atoms with Crippen molar-refractivity contribution in [1.29, 1.82) is 0 Å². The lowest BCUT2D eigenvalue weighted by Crippen LogP contribution is -2.59. The summed E-state index contributed by atoms with van der Waals surface area (Å²) in [6.45, 7) is 1.88. The van der Waals surface area contributed by atoms with E-state index in [2.05, 4.69) is 17.0 Å². The highest BCUT2D eigenvalue weighted by Crippen LogP contribution is 2.40. The average molecular weight is 380 g/mol. The highest BCUT2D eigenvalue weighted by atomic mass is 16.5. The Morgan fingerprint density at radius 2 is 1.89 bits per heavy atom. The Balaban J connectivity index is 1.58. The Kier molecular flexibility index (Phi) is 5.40. The van der Waals surface area contributed by atoms with Crippen molar-refractivity contribution in [3.63, 3.8) is 0 Å². The minimum absolute atomic E-state index is 0.302. The van der Waals surface area contributed by atoms with E-state index in [-0.39, 0.29) is 5.54 Å². The maximum absolute atomic E-state index is 13.6. The Bertz CT molecular complexity index is 863. The van der Waals surface area contributed by atoms with Gasteiger partial charge in [0.1, 0.15) is 11.5 Å². The SMILES string of the molecule is COc1ccc2c(c1)CC[C@@]1(CCCCN1CCc1ccccc1OC)C2=O. The van der Waals surface area contributed by atoms with Gasteiger partial charge in [0.15, 0.2) is 5.78 Å². The first-order valence-electron chi connectivity index (χ1n) is 10.3. The lowest BCUT2D eigenvalue weighted by atomic mass is 9.71. The van der Waals surface area contributed by atoms with E-state index in [9.17, 15) is 4.79 Å². The fourth-order valence-electron chi connectivity index (χ4n) is 4.95. The number of carbonyl (C=O) groups is 1. The molecule has 0 unspecified atom stereocenters. The first-order valence-corrected chi connectivity index (χ1v) is 10.3. The molecule has 1 aliphatic heterocycles. The van der Waals surface area contributed by atoms with Gasteiger partial charge in [0.05, 0.1) is 19.8 Å². The third kappa shape index (κ3) is 3.30. The van der Waals surface area contributed by atoms with Crippen LogP contribution in [0.15, 0.2) is 42.5 Å². The summed E-state index contributed by atoms with van der Waals surface area (Å²) in [4.78, 5) is 16.1. The standard InChI is InChI=1S/C24H29NO3/c1-27-20-9-10-21-19(17-20)11-14-24(23(21)26)13-5-6-15-25(24)16-12-18-7-3-4-8-22(18)28-2/h3-4,7-10,17H,5-6,11-16H2,1-2H3/t24-/m0/s1. The minimum atomic E-state index is -0.345. The number of rotatable bonds is 5. The number of piperidine rings is 1. The number of ketones is 1. The molecule has 0 saturated carbocycles. The summed E-state index contributed by atoms with van der Waals surface area (Å²) in [5, 5.41) is 0. The van der Waals surface area contributed by atoms with E-state index in [4.69, 9.17) is 9.47 Å². The number of fused-ring (bicyclic) bond motifs is 1. The molecule has 148 valence electrons. The average Bonchev–Trinajstić information content (AvgIpc) is 2.75. The normalized spacial score (nSPS) is 22.1. The fourth-order valence-corrected chi connectivity index (χ4v) is 4.95. The van der Waals surface area contributed by atoms with Crippen LogP contribution >= 0.6 is 0 Å². The lowest BCUT2D eigenvalue weighted by molar-refractivity contribution is 0.0297. The smallest absolute Gasteiger partial charge is 0.183 e. The molecule has 1 spiro atoms. The van der Waals surface area contributed by atoms with Crippen LogP contribution in [0.25, 0.3) is 0 Å². The maximum Gasteiger partial charge on any atom is 0.183 e. The quantitative estimate of drug-likeness (QED) is 0.776. The van der Waals surface area contributed by atoms with Gasteiger partial charge in [-0.3, -0.25) is 9.69 Å². The van der Waals surface area contributed by atoms with Gasteiger partial charge in [-0.25, -0.2) is 0 Å². The van der Waals surface area contributed by atoms with Crippen molar-refractivity contribution in [3.05, 3.63) is 59.2 Å². The molecule has 0 amide bonds. The highest BCUT2D eigenvalue weighted by Gasteiger charge is 2.47. The summed E-state index contributed by atoms with van der Waals surface area (Å²) in [6.07, 6.45) is 5.98. The largest absolute Gasteiger partial charge is 0.497 e. The molecular weight excluding hydrogens is 350 g/mol. The summed E-state index contributed by atoms with van der Waals surface area (Å²) >= 11 is 0. The molecule has 1 aliphatic carbocycles. The van der Waals surface area contributed by atoms with Crippen LogP contribution < -0.4 is 9.47 Å². The van der Waals surface area contributed by atoms with Gasteiger partial charge in [0.2, 0.25) is 0 Å². The van der Waals surface area contributed by atoms with Gasteiger partial charge in [-0.1, -0.05) is 18.2 Å². The molecule has 0 N–H and O–H groups in total. The minimum Gasteiger partial charge on any atom is -0.497 e. The molecule has 1 saturated heterocycles. The first-order chi connectivity index (χ1) is 13.7. The van der Waals surface area contributed by atoms with E-state index < -0.39 is 0 Å². The molecular formula is C24H29NO3. The van der Waals surface area contributed by atoms with Gasteiger partial charge in [-0.15, -0.1) is 0 Å². The van der Waals surface area contributed by atoms with Crippen LogP contribution in [0.1, 0.15) is 47.2 Å². The van der Waals surface area contributed by atoms with E-state index in [1.54, 1.807) is 14.2 Å². The summed E-state index contributed by atoms with van der Waals surface area (Å²) < 4.78 is 10.9. The predicted octanol–water partition coefficient (Wildman–Crippen LogP) is 4.30. The molecule has 2 aromatic rings. The summed E-state index contributed by atoms with van der Waals surface area (Å²) in [5.41, 5.74) is 2.88. The second-order valence-corrected chi connectivity index (χ2v) is 7.89. The fraction of sp³-hybridized carbons (Fsp3) is 0.458. The van der Waals surface area contributed by atoms with Crippen LogP contribution in [0.5, 0.6) is 11.5 Å². The Morgan fingerprint density at radius 3 is 2.71 bits per heavy atom. The molecule has 2 aliphatic rings. The molecule has 0 bridgehead atoms. The Labute approximate surface area is 167 Å². The van der Waals surface area contributed by atoms with Crippen molar-refractivity contribution >= 4 is 5.78 Å². The molecule has 1 heterocycles. The second kappa shape index (κ2) is 7.96. The number of aryl methyl sites for hydroxylation is 1. The topological polar surface area (TPSA) is 38.8 Å². The molecule has 28 heavy (non-hydrogen) atoms. The molecule has 4 heteroatoms. The first kappa shape index (κ1) is 19.0. The molecule has 0 radical (unpaired) electrons. The van der Waals surface area contributed by atoms with Crippen molar-refractivity contribution in [2.45, 2.75) is 44.1 Å². The van der Waals surface area contributed by atoms with E-state index in [1.807, 2.05) is 30.3 Å². The van der Waals surface area contributed by atoms with E-state index in [0.29, 0.717) is 5.78 Å². The van der Waals surface area contributed by atoms with Gasteiger partial charge in [0.25, 0.3) is 0 Å². The van der Waals surface area contributed by atoms with Crippen LogP contribution in [-0.4, -0.2) is 43.5 Å². The van der Waals surface area contributed by atoms with Crippen LogP contribution in [0.2, 0.25) is 0 Å². The molecule has 4 rings (SSSR count). The van der Waals surface area contributed by atoms with Crippen LogP contribution in [0.4, 0.5) is 0 Å². The van der Waals surface area contributed by atoms with Gasteiger partial charge >= 0.3 is 0 Å². The number of hydrogen-bond acceptors (Lipinski definition) is 4. The number of likely N-dealkylation sites (tertiary alicyclic amines) is 1. The molecule has 2 aromatic carbocycles. The Morgan fingerprint density at radius 1 is 1.04 bits per heavy atom. The van der Waals surface area contributed by atoms with Crippen molar-refractivity contribution < 1.29 is 14.3 Å². The van der Waals surface area contributed by atoms with Crippen molar-refractivity contribution in [1.82, 2.24) is 4.90 Å². The van der Waals surface area contributed by atoms with E-state index in [1.165, 1.54) is 5.56 Å². The zero-order valence-electron chi connectivity index (χ0n) is 16.9. The van der Waals surface area contributed by atoms with Crippen LogP contribution in [-0.2, 0) is 12.8 Å². The zero-order valence-corrected chi connectivity index (χ0v) is 16.9. The van der Waals surface area contributed by atoms with Gasteiger partial charge in [0, 0.05) is 12.1 Å². The third-order valence-electron chi connectivity index (χ3n) is 6.50. The summed E-state index contributed by atoms with van der Waals surface area (Å²) in [5.74, 6) is 2.07. The summed E-state index contributed by atoms with van der Waals surface area (Å²) in [6, 6.07) is 14.1. The van der Waals surface area contributed by atoms with E-state index in [0.717, 1.165) is 74.2 Å². The summed E-state index contributed by atoms with van der Waals surface area (Å²) in [7, 11) is 3.39. The predicted molar refractivity (Wildman–Crippen MR) is 110 cm³/mol. The number of benzene rings is 2. The Hall–Kier alpha value is -2.33. The lowest BCUT2D eigenvalue weighted by Gasteiger charge is -2.48. The number of hydrogen-bond donors (Lipinski definition) is 0. The number of methoxy groups -OCH3 is 2. The monoisotopic (exact) mass is 379 g/mol. The van der Waals surface area contributed by atoms with Crippen molar-refractivity contribution in [2.24, 2.45) is 0 Å². The third-order valence-corrected chi connectivity index (χ3v) is 6.50. The molecule has 4 nitrogen and oxygen atoms in total. The van der Waals surface area contributed by atoms with Gasteiger partial charge in [-0.05, 0) is 80.5 Å². The highest BCUT2D eigenvalue weighted by molar-refractivity contribution is 6.05. The number of Topliss-reactive ketones (excluding diaryl/α,β-unsaturated/α-hetero) is 1. The number of para-hydroxylation sites is 1. The van der Waals surface area contributed by atoms with Gasteiger partial charge < -0.3 is 9.47 Å². The number of carbonyl (C=O) groups excluding carboxylic acids is 1. The van der Waals surface area contributed by atoms with Gasteiger partial charge in [-0.2, -0.15) is 0 Å². The van der Waals surface area contributed by atoms with Crippen molar-refractivity contribution in [3.8, 4) is 11.5 Å². The zero-order chi connectivity index (χ0) is 19.6. The maximum atomic E-state index is 13.6. The second-order valence-electron chi connectivity index (χ2n) is 7.89. The molecule has 0 aromatic heterocycles. The number of nitrogens with zero attached hydrogens (tertiary/aromatic N) is 1. The van der Waals surface area contributed by atoms with Crippen molar-refractivity contribution in [2.75, 3.05) is 27.3 Å². The molecule has 1 fully saturated rings. The van der Waals surface area contributed by atoms with E-state index >= 15 is 0 Å². The molecule has 1 atom stereocenters. The van der Waals surface area contributed by atoms with Crippen LogP contribution in [0, 0.1) is 0 Å². The number of ether oxygens (including phenoxy) is 2.